The molecule has 2 saturated heterocycles. The van der Waals surface area contributed by atoms with Gasteiger partial charge in [0.2, 0.25) is 5.43 Å². The van der Waals surface area contributed by atoms with Gasteiger partial charge in [0.15, 0.2) is 11.4 Å². The Labute approximate surface area is 177 Å². The largest absolute Gasteiger partial charge is 0.474 e. The number of nitrogens with one attached hydrogen (secondary N) is 1. The van der Waals surface area contributed by atoms with Gasteiger partial charge < -0.3 is 19.3 Å². The number of amides is 2. The van der Waals surface area contributed by atoms with Gasteiger partial charge in [-0.3, -0.25) is 19.3 Å². The minimum Gasteiger partial charge on any atom is -0.474 e. The highest BCUT2D eigenvalue weighted by Gasteiger charge is 2.48. The third kappa shape index (κ3) is 3.48. The van der Waals surface area contributed by atoms with Crippen molar-refractivity contribution in [1.82, 2.24) is 19.7 Å². The number of nitrogens with zero attached hydrogens (tertiary/aromatic N) is 3. The quantitative estimate of drug-likeness (QED) is 0.566. The molecule has 30 heavy (non-hydrogen) atoms. The average Bonchev–Trinajstić information content (AvgIpc) is 3.33. The molecule has 1 unspecified atom stereocenters. The van der Waals surface area contributed by atoms with Crippen LogP contribution in [0.1, 0.15) is 47.5 Å². The normalized spacial score (nSPS) is 23.5. The van der Waals surface area contributed by atoms with E-state index in [1.54, 1.807) is 4.57 Å². The van der Waals surface area contributed by atoms with Gasteiger partial charge in [0.25, 0.3) is 11.8 Å². The molecule has 0 aromatic carbocycles. The third-order valence-electron chi connectivity index (χ3n) is 6.10. The van der Waals surface area contributed by atoms with Crippen molar-refractivity contribution < 1.29 is 14.1 Å². The van der Waals surface area contributed by atoms with E-state index in [4.69, 9.17) is 4.52 Å². The molecule has 3 aliphatic heterocycles. The number of rotatable bonds is 5. The zero-order valence-corrected chi connectivity index (χ0v) is 18.4. The fraction of sp³-hybridized carbons (Fsp3) is 0.476. The molecule has 1 aromatic heterocycles. The Morgan fingerprint density at radius 2 is 2.17 bits per heavy atom. The van der Waals surface area contributed by atoms with Crippen LogP contribution in [0.5, 0.6) is 5.75 Å². The van der Waals surface area contributed by atoms with Crippen LogP contribution in [0.2, 0.25) is 0 Å². The maximum atomic E-state index is 13.2. The number of hydrogen-bond donors (Lipinski definition) is 1. The number of fused-ring (bicyclic) bond motifs is 4. The summed E-state index contributed by atoms with van der Waals surface area (Å²) in [5, 5.41) is 2.78. The van der Waals surface area contributed by atoms with E-state index in [2.05, 4.69) is 10.2 Å². The van der Waals surface area contributed by atoms with Crippen LogP contribution in [0, 0.1) is 0 Å². The number of allylic oxidation sites excluding steroid dienone is 3. The van der Waals surface area contributed by atoms with Gasteiger partial charge in [-0.05, 0) is 26.7 Å². The minimum absolute atomic E-state index is 0.0211. The first kappa shape index (κ1) is 20.8. The zero-order chi connectivity index (χ0) is 21.4. The summed E-state index contributed by atoms with van der Waals surface area (Å²) in [5.74, 6) is -0.788. The van der Waals surface area contributed by atoms with Crippen molar-refractivity contribution >= 4 is 21.3 Å². The van der Waals surface area contributed by atoms with Gasteiger partial charge in [-0.2, -0.15) is 0 Å². The van der Waals surface area contributed by atoms with Gasteiger partial charge in [-0.25, -0.2) is 0 Å². The first-order chi connectivity index (χ1) is 14.5. The molecule has 1 N–H and O–H groups in total. The lowest BCUT2D eigenvalue weighted by Gasteiger charge is -2.36. The molecular formula is C21H27N4O4P. The van der Waals surface area contributed by atoms with Gasteiger partial charge in [-0.1, -0.05) is 23.8 Å². The fourth-order valence-corrected chi connectivity index (χ4v) is 4.84. The maximum absolute atomic E-state index is 13.2. The molecule has 3 atom stereocenters. The van der Waals surface area contributed by atoms with Crippen molar-refractivity contribution in [3.63, 3.8) is 0 Å². The van der Waals surface area contributed by atoms with E-state index in [9.17, 15) is 14.4 Å². The topological polar surface area (TPSA) is 83.9 Å². The second kappa shape index (κ2) is 8.36. The summed E-state index contributed by atoms with van der Waals surface area (Å²) in [4.78, 5) is 43.1. The molecule has 2 fully saturated rings. The van der Waals surface area contributed by atoms with E-state index in [-0.39, 0.29) is 29.1 Å². The van der Waals surface area contributed by atoms with Crippen LogP contribution in [0.4, 0.5) is 0 Å². The molecule has 1 aromatic rings. The molecule has 2 amide bonds. The number of pyridine rings is 1. The lowest BCUT2D eigenvalue weighted by molar-refractivity contribution is 0.0516. The minimum atomic E-state index is -0.574. The van der Waals surface area contributed by atoms with E-state index in [0.717, 1.165) is 25.0 Å². The van der Waals surface area contributed by atoms with Gasteiger partial charge in [-0.15, -0.1) is 0 Å². The van der Waals surface area contributed by atoms with Crippen LogP contribution >= 0.6 is 9.47 Å². The Kier molecular flexibility index (Phi) is 5.80. The molecule has 160 valence electrons. The molecular weight excluding hydrogens is 403 g/mol. The molecule has 4 heterocycles. The highest BCUT2D eigenvalue weighted by Crippen LogP contribution is 2.35. The van der Waals surface area contributed by atoms with E-state index in [1.165, 1.54) is 6.20 Å². The third-order valence-corrected chi connectivity index (χ3v) is 6.33. The second-order valence-electron chi connectivity index (χ2n) is 8.01. The molecule has 3 aliphatic rings. The van der Waals surface area contributed by atoms with E-state index in [0.29, 0.717) is 25.7 Å². The highest BCUT2D eigenvalue weighted by atomic mass is 31.0. The Bertz CT molecular complexity index is 999. The molecule has 0 aliphatic carbocycles. The number of carbonyl (C=O) groups is 2. The standard InChI is InChI=1S/C21H27N4O4P/c1-3-4-6-13(2)9-22-20(27)15-11-23-12-16-24-8-5-7-14(24)10-25(16)21(28)17(23)19(29-30)18(15)26/h3-4,6,11,14,16H,5,7-10,12,30H2,1-2H3,(H,22,27)/b4-3-,13-6+/t14-,16+/m0/s1. The van der Waals surface area contributed by atoms with Crippen molar-refractivity contribution in [3.8, 4) is 5.75 Å². The van der Waals surface area contributed by atoms with Crippen molar-refractivity contribution in [2.75, 3.05) is 19.6 Å². The van der Waals surface area contributed by atoms with Crippen LogP contribution in [0.3, 0.4) is 0 Å². The summed E-state index contributed by atoms with van der Waals surface area (Å²) < 4.78 is 6.96. The first-order valence-corrected chi connectivity index (χ1v) is 10.7. The first-order valence-electron chi connectivity index (χ1n) is 10.2. The molecule has 8 nitrogen and oxygen atoms in total. The smallest absolute Gasteiger partial charge is 0.275 e. The van der Waals surface area contributed by atoms with Crippen LogP contribution in [-0.2, 0) is 6.54 Å². The summed E-state index contributed by atoms with van der Waals surface area (Å²) in [6, 6.07) is 0.371. The average molecular weight is 430 g/mol. The van der Waals surface area contributed by atoms with Gasteiger partial charge in [0, 0.05) is 31.9 Å². The maximum Gasteiger partial charge on any atom is 0.275 e. The number of carbonyl (C=O) groups excluding carboxylic acids is 2. The van der Waals surface area contributed by atoms with E-state index in [1.807, 2.05) is 46.4 Å². The summed E-state index contributed by atoms with van der Waals surface area (Å²) in [6.45, 7) is 6.29. The highest BCUT2D eigenvalue weighted by molar-refractivity contribution is 7.10. The fourth-order valence-electron chi connectivity index (χ4n) is 4.62. The molecule has 9 heteroatoms. The molecule has 4 rings (SSSR count). The van der Waals surface area contributed by atoms with Crippen LogP contribution in [0.15, 0.2) is 34.8 Å². The van der Waals surface area contributed by atoms with Crippen molar-refractivity contribution in [2.45, 2.75) is 45.4 Å². The van der Waals surface area contributed by atoms with Crippen molar-refractivity contribution in [1.29, 1.82) is 0 Å². The SMILES string of the molecule is C/C=C\C=C(/C)CNC(=O)c1cn2c(c(OP)c1=O)C(=O)N1C[C@@H]3CCCN3[C@H]1C2. The van der Waals surface area contributed by atoms with Crippen LogP contribution < -0.4 is 15.3 Å². The second-order valence-corrected chi connectivity index (χ2v) is 8.25. The van der Waals surface area contributed by atoms with Crippen LogP contribution in [-0.4, -0.2) is 58.0 Å². The Morgan fingerprint density at radius 3 is 2.90 bits per heavy atom. The van der Waals surface area contributed by atoms with Crippen LogP contribution in [0.25, 0.3) is 0 Å². The van der Waals surface area contributed by atoms with Gasteiger partial charge in [0.1, 0.15) is 11.7 Å². The monoisotopic (exact) mass is 430 g/mol. The van der Waals surface area contributed by atoms with Crippen molar-refractivity contribution in [3.05, 3.63) is 51.5 Å². The lowest BCUT2D eigenvalue weighted by atomic mass is 10.1. The predicted octanol–water partition coefficient (Wildman–Crippen LogP) is 1.53. The Balaban J connectivity index is 1.66. The number of aromatic nitrogens is 1. The summed E-state index contributed by atoms with van der Waals surface area (Å²) in [6.07, 6.45) is 9.36. The molecule has 0 radical (unpaired) electrons. The summed E-state index contributed by atoms with van der Waals surface area (Å²) >= 11 is 0. The predicted molar refractivity (Wildman–Crippen MR) is 116 cm³/mol. The van der Waals surface area contributed by atoms with Gasteiger partial charge >= 0.3 is 0 Å². The zero-order valence-electron chi connectivity index (χ0n) is 17.3. The van der Waals surface area contributed by atoms with Gasteiger partial charge in [0.05, 0.1) is 16.0 Å². The summed E-state index contributed by atoms with van der Waals surface area (Å²) in [7, 11) is 2.03. The molecule has 0 saturated carbocycles. The Hall–Kier alpha value is -2.44. The molecule has 0 bridgehead atoms. The lowest BCUT2D eigenvalue weighted by Crippen LogP contribution is -2.50. The van der Waals surface area contributed by atoms with E-state index < -0.39 is 11.3 Å². The van der Waals surface area contributed by atoms with Crippen molar-refractivity contribution in [2.24, 2.45) is 0 Å². The number of hydrogen-bond acceptors (Lipinski definition) is 5. The molecule has 0 spiro atoms. The Morgan fingerprint density at radius 1 is 1.37 bits per heavy atom. The van der Waals surface area contributed by atoms with E-state index >= 15 is 0 Å². The summed E-state index contributed by atoms with van der Waals surface area (Å²) in [5.41, 5.74) is 0.578.